The van der Waals surface area contributed by atoms with Crippen molar-refractivity contribution in [2.45, 2.75) is 13.5 Å². The Morgan fingerprint density at radius 2 is 1.93 bits per heavy atom. The second-order valence-electron chi connectivity index (χ2n) is 5.66. The van der Waals surface area contributed by atoms with Gasteiger partial charge in [-0.25, -0.2) is 8.42 Å². The van der Waals surface area contributed by atoms with Crippen molar-refractivity contribution in [1.82, 2.24) is 4.98 Å². The molecule has 0 saturated carbocycles. The highest BCUT2D eigenvalue weighted by Gasteiger charge is 2.15. The lowest BCUT2D eigenvalue weighted by Crippen LogP contribution is -2.14. The molecular weight excluding hydrogens is 376 g/mol. The van der Waals surface area contributed by atoms with E-state index >= 15 is 0 Å². The van der Waals surface area contributed by atoms with E-state index in [0.29, 0.717) is 33.4 Å². The molecule has 0 radical (unpaired) electrons. The van der Waals surface area contributed by atoms with Gasteiger partial charge < -0.3 is 9.72 Å². The molecule has 3 rings (SSSR count). The van der Waals surface area contributed by atoms with Crippen molar-refractivity contribution >= 4 is 26.6 Å². The second-order valence-corrected chi connectivity index (χ2v) is 7.67. The van der Waals surface area contributed by atoms with Crippen LogP contribution < -0.4 is 9.46 Å². The maximum absolute atomic E-state index is 12.3. The third-order valence-corrected chi connectivity index (χ3v) is 5.24. The van der Waals surface area contributed by atoms with E-state index in [1.54, 1.807) is 30.3 Å². The largest absolute Gasteiger partial charge is 0.435 e. The highest BCUT2D eigenvalue weighted by Crippen LogP contribution is 2.32. The minimum Gasteiger partial charge on any atom is -0.435 e. The molecule has 0 saturated heterocycles. The molecule has 2 aromatic carbocycles. The molecule has 9 heteroatoms. The molecule has 0 aliphatic carbocycles. The van der Waals surface area contributed by atoms with Crippen molar-refractivity contribution in [3.05, 3.63) is 48.0 Å². The van der Waals surface area contributed by atoms with Gasteiger partial charge in [-0.3, -0.25) is 4.72 Å². The number of hydrogen-bond donors (Lipinski definition) is 2. The Labute approximate surface area is 154 Å². The highest BCUT2D eigenvalue weighted by molar-refractivity contribution is 7.92. The molecule has 0 spiro atoms. The summed E-state index contributed by atoms with van der Waals surface area (Å²) >= 11 is 0. The van der Waals surface area contributed by atoms with Crippen LogP contribution in [-0.2, 0) is 10.0 Å². The number of alkyl halides is 2. The number of nitrogens with zero attached hydrogens (tertiary/aromatic N) is 1. The predicted molar refractivity (Wildman–Crippen MR) is 98.2 cm³/mol. The van der Waals surface area contributed by atoms with Crippen LogP contribution in [0.5, 0.6) is 5.75 Å². The predicted octanol–water partition coefficient (Wildman–Crippen LogP) is 4.07. The van der Waals surface area contributed by atoms with E-state index in [-0.39, 0.29) is 11.5 Å². The summed E-state index contributed by atoms with van der Waals surface area (Å²) in [7, 11) is -3.42. The summed E-state index contributed by atoms with van der Waals surface area (Å²) in [6.45, 7) is -1.38. The summed E-state index contributed by atoms with van der Waals surface area (Å²) in [4.78, 5) is 3.09. The van der Waals surface area contributed by atoms with Gasteiger partial charge in [-0.2, -0.15) is 14.0 Å². The molecule has 1 aromatic heterocycles. The average Bonchev–Trinajstić information content (AvgIpc) is 2.99. The van der Waals surface area contributed by atoms with Gasteiger partial charge in [0.2, 0.25) is 10.0 Å². The monoisotopic (exact) mass is 391 g/mol. The van der Waals surface area contributed by atoms with E-state index in [0.717, 1.165) is 0 Å². The fourth-order valence-corrected chi connectivity index (χ4v) is 3.28. The first-order valence-electron chi connectivity index (χ1n) is 7.94. The van der Waals surface area contributed by atoms with Gasteiger partial charge in [-0.05, 0) is 55.0 Å². The third-order valence-electron chi connectivity index (χ3n) is 3.93. The number of aromatic amines is 1. The maximum Gasteiger partial charge on any atom is 0.387 e. The van der Waals surface area contributed by atoms with E-state index < -0.39 is 16.6 Å². The molecule has 1 heterocycles. The fourth-order valence-electron chi connectivity index (χ4n) is 2.65. The van der Waals surface area contributed by atoms with E-state index in [1.165, 1.54) is 19.1 Å². The standard InChI is InChI=1S/C18H15F2N3O3S/c1-2-27(24,25)23-12-5-8-14-15(10-21)17(22-16(14)9-12)11-3-6-13(7-4-11)26-18(19)20/h3-9,18,22-23H,2H2,1H3. The molecule has 0 amide bonds. The summed E-state index contributed by atoms with van der Waals surface area (Å²) in [5.74, 6) is -0.0445. The van der Waals surface area contributed by atoms with Crippen molar-refractivity contribution in [2.75, 3.05) is 10.5 Å². The zero-order valence-electron chi connectivity index (χ0n) is 14.2. The van der Waals surface area contributed by atoms with Gasteiger partial charge in [0, 0.05) is 10.9 Å². The molecular formula is C18H15F2N3O3S. The van der Waals surface area contributed by atoms with Crippen molar-refractivity contribution in [3.63, 3.8) is 0 Å². The Morgan fingerprint density at radius 3 is 2.52 bits per heavy atom. The minimum atomic E-state index is -3.42. The lowest BCUT2D eigenvalue weighted by Gasteiger charge is -2.05. The molecule has 2 N–H and O–H groups in total. The van der Waals surface area contributed by atoms with Crippen molar-refractivity contribution in [3.8, 4) is 23.1 Å². The molecule has 6 nitrogen and oxygen atoms in total. The molecule has 0 atom stereocenters. The highest BCUT2D eigenvalue weighted by atomic mass is 32.2. The first-order chi connectivity index (χ1) is 12.8. The summed E-state index contributed by atoms with van der Waals surface area (Å²) in [6, 6.07) is 12.8. The van der Waals surface area contributed by atoms with Crippen LogP contribution in [0.4, 0.5) is 14.5 Å². The van der Waals surface area contributed by atoms with Gasteiger partial charge in [-0.1, -0.05) is 0 Å². The topological polar surface area (TPSA) is 95.0 Å². The van der Waals surface area contributed by atoms with Crippen LogP contribution in [0.15, 0.2) is 42.5 Å². The Balaban J connectivity index is 2.02. The Bertz CT molecular complexity index is 1120. The zero-order valence-corrected chi connectivity index (χ0v) is 15.0. The van der Waals surface area contributed by atoms with E-state index in [4.69, 9.17) is 0 Å². The normalized spacial score (nSPS) is 11.5. The van der Waals surface area contributed by atoms with Gasteiger partial charge >= 0.3 is 6.61 Å². The lowest BCUT2D eigenvalue weighted by atomic mass is 10.1. The SMILES string of the molecule is CCS(=O)(=O)Nc1ccc2c(C#N)c(-c3ccc(OC(F)F)cc3)[nH]c2c1. The first-order valence-corrected chi connectivity index (χ1v) is 9.59. The third kappa shape index (κ3) is 4.01. The van der Waals surface area contributed by atoms with E-state index in [9.17, 15) is 22.5 Å². The fraction of sp³-hybridized carbons (Fsp3) is 0.167. The number of ether oxygens (including phenoxy) is 1. The quantitative estimate of drug-likeness (QED) is 0.662. The number of nitrogens with one attached hydrogen (secondary N) is 2. The molecule has 0 unspecified atom stereocenters. The summed E-state index contributed by atoms with van der Waals surface area (Å²) in [5, 5.41) is 10.2. The average molecular weight is 391 g/mol. The molecule has 0 aliphatic heterocycles. The lowest BCUT2D eigenvalue weighted by molar-refractivity contribution is -0.0498. The zero-order chi connectivity index (χ0) is 19.6. The van der Waals surface area contributed by atoms with Crippen LogP contribution in [0, 0.1) is 11.3 Å². The Kier molecular flexibility index (Phi) is 5.01. The van der Waals surface area contributed by atoms with Crippen molar-refractivity contribution < 1.29 is 21.9 Å². The van der Waals surface area contributed by atoms with Crippen LogP contribution >= 0.6 is 0 Å². The number of sulfonamides is 1. The van der Waals surface area contributed by atoms with E-state index in [1.807, 2.05) is 0 Å². The van der Waals surface area contributed by atoms with Gasteiger partial charge in [0.25, 0.3) is 0 Å². The summed E-state index contributed by atoms with van der Waals surface area (Å²) < 4.78 is 54.7. The summed E-state index contributed by atoms with van der Waals surface area (Å²) in [6.07, 6.45) is 0. The number of rotatable bonds is 6. The van der Waals surface area contributed by atoms with Crippen LogP contribution in [0.2, 0.25) is 0 Å². The van der Waals surface area contributed by atoms with Crippen molar-refractivity contribution in [1.29, 1.82) is 5.26 Å². The molecule has 3 aromatic rings. The molecule has 0 aliphatic rings. The first kappa shape index (κ1) is 18.7. The van der Waals surface area contributed by atoms with Crippen LogP contribution in [0.25, 0.3) is 22.2 Å². The number of halogens is 2. The van der Waals surface area contributed by atoms with Gasteiger partial charge in [0.15, 0.2) is 0 Å². The smallest absolute Gasteiger partial charge is 0.387 e. The Hall–Kier alpha value is -3.12. The van der Waals surface area contributed by atoms with Crippen LogP contribution in [-0.4, -0.2) is 25.8 Å². The molecule has 0 fully saturated rings. The molecule has 27 heavy (non-hydrogen) atoms. The molecule has 0 bridgehead atoms. The van der Waals surface area contributed by atoms with Gasteiger partial charge in [-0.15, -0.1) is 0 Å². The number of nitriles is 1. The second kappa shape index (κ2) is 7.25. The molecule has 140 valence electrons. The van der Waals surface area contributed by atoms with Crippen molar-refractivity contribution in [2.24, 2.45) is 0 Å². The number of H-pyrrole nitrogens is 1. The van der Waals surface area contributed by atoms with Gasteiger partial charge in [0.1, 0.15) is 11.8 Å². The minimum absolute atomic E-state index is 0.0135. The number of anilines is 1. The summed E-state index contributed by atoms with van der Waals surface area (Å²) in [5.41, 5.74) is 2.44. The van der Waals surface area contributed by atoms with Crippen LogP contribution in [0.1, 0.15) is 12.5 Å². The number of fused-ring (bicyclic) bond motifs is 1. The number of aromatic nitrogens is 1. The van der Waals surface area contributed by atoms with Gasteiger partial charge in [0.05, 0.1) is 22.7 Å². The number of hydrogen-bond acceptors (Lipinski definition) is 4. The Morgan fingerprint density at radius 1 is 1.22 bits per heavy atom. The maximum atomic E-state index is 12.3. The van der Waals surface area contributed by atoms with E-state index in [2.05, 4.69) is 20.5 Å². The van der Waals surface area contributed by atoms with Crippen LogP contribution in [0.3, 0.4) is 0 Å². The number of benzene rings is 2.